The lowest BCUT2D eigenvalue weighted by Gasteiger charge is -2.19. The molecule has 0 saturated carbocycles. The number of para-hydroxylation sites is 1. The molecule has 1 aromatic carbocycles. The smallest absolute Gasteiger partial charge is 0.123 e. The Bertz CT molecular complexity index is 312. The molecule has 1 unspecified atom stereocenters. The summed E-state index contributed by atoms with van der Waals surface area (Å²) < 4.78 is 5.42. The largest absolute Gasteiger partial charge is 0.496 e. The Labute approximate surface area is 105 Å². The first-order chi connectivity index (χ1) is 8.33. The van der Waals surface area contributed by atoms with Crippen LogP contribution in [0.3, 0.4) is 0 Å². The molecule has 0 bridgehead atoms. The third kappa shape index (κ3) is 4.39. The number of hydrogen-bond donors (Lipinski definition) is 1. The minimum absolute atomic E-state index is 0.406. The summed E-state index contributed by atoms with van der Waals surface area (Å²) in [5, 5.41) is 3.62. The molecule has 0 spiro atoms. The fraction of sp³-hybridized carbons (Fsp3) is 0.600. The Morgan fingerprint density at radius 3 is 2.59 bits per heavy atom. The van der Waals surface area contributed by atoms with Crippen molar-refractivity contribution in [3.8, 4) is 5.75 Å². The minimum atomic E-state index is 0.406. The third-order valence-electron chi connectivity index (χ3n) is 3.09. The number of benzene rings is 1. The van der Waals surface area contributed by atoms with Crippen LogP contribution in [0.2, 0.25) is 0 Å². The summed E-state index contributed by atoms with van der Waals surface area (Å²) in [6, 6.07) is 8.69. The van der Waals surface area contributed by atoms with Crippen LogP contribution in [0.15, 0.2) is 24.3 Å². The first-order valence-corrected chi connectivity index (χ1v) is 6.69. The molecule has 0 saturated heterocycles. The van der Waals surface area contributed by atoms with Crippen molar-refractivity contribution < 1.29 is 4.74 Å². The van der Waals surface area contributed by atoms with Gasteiger partial charge in [0.2, 0.25) is 0 Å². The summed E-state index contributed by atoms with van der Waals surface area (Å²) in [5.41, 5.74) is 1.27. The van der Waals surface area contributed by atoms with Gasteiger partial charge in [-0.3, -0.25) is 0 Å². The Morgan fingerprint density at radius 2 is 1.94 bits per heavy atom. The second-order valence-corrected chi connectivity index (χ2v) is 4.36. The average Bonchev–Trinajstić information content (AvgIpc) is 2.39. The maximum absolute atomic E-state index is 5.42. The van der Waals surface area contributed by atoms with E-state index in [1.54, 1.807) is 7.11 Å². The summed E-state index contributed by atoms with van der Waals surface area (Å²) in [7, 11) is 1.74. The molecule has 0 heterocycles. The molecule has 0 radical (unpaired) electrons. The predicted octanol–water partition coefficient (Wildman–Crippen LogP) is 3.93. The van der Waals surface area contributed by atoms with Gasteiger partial charge in [0.15, 0.2) is 0 Å². The van der Waals surface area contributed by atoms with Crippen LogP contribution in [0.4, 0.5) is 0 Å². The molecule has 0 fully saturated rings. The zero-order valence-corrected chi connectivity index (χ0v) is 11.3. The fourth-order valence-corrected chi connectivity index (χ4v) is 2.08. The molecular weight excluding hydrogens is 210 g/mol. The van der Waals surface area contributed by atoms with E-state index in [2.05, 4.69) is 31.3 Å². The van der Waals surface area contributed by atoms with Gasteiger partial charge >= 0.3 is 0 Å². The van der Waals surface area contributed by atoms with Crippen LogP contribution in [0, 0.1) is 0 Å². The van der Waals surface area contributed by atoms with Gasteiger partial charge in [0, 0.05) is 11.6 Å². The van der Waals surface area contributed by atoms with Gasteiger partial charge < -0.3 is 10.1 Å². The first-order valence-electron chi connectivity index (χ1n) is 6.69. The second kappa shape index (κ2) is 8.13. The number of nitrogens with one attached hydrogen (secondary N) is 1. The summed E-state index contributed by atoms with van der Waals surface area (Å²) in [6.07, 6.45) is 4.91. The van der Waals surface area contributed by atoms with Crippen molar-refractivity contribution in [1.29, 1.82) is 0 Å². The van der Waals surface area contributed by atoms with Gasteiger partial charge in [0.25, 0.3) is 0 Å². The van der Waals surface area contributed by atoms with E-state index in [-0.39, 0.29) is 0 Å². The van der Waals surface area contributed by atoms with Crippen LogP contribution < -0.4 is 10.1 Å². The van der Waals surface area contributed by atoms with Gasteiger partial charge in [-0.15, -0.1) is 0 Å². The highest BCUT2D eigenvalue weighted by atomic mass is 16.5. The van der Waals surface area contributed by atoms with Crippen LogP contribution in [0.5, 0.6) is 5.75 Å². The van der Waals surface area contributed by atoms with Gasteiger partial charge in [0.1, 0.15) is 5.75 Å². The number of hydrogen-bond acceptors (Lipinski definition) is 2. The Balaban J connectivity index is 2.59. The van der Waals surface area contributed by atoms with Crippen molar-refractivity contribution in [1.82, 2.24) is 5.32 Å². The molecule has 96 valence electrons. The third-order valence-corrected chi connectivity index (χ3v) is 3.09. The van der Waals surface area contributed by atoms with Crippen molar-refractivity contribution in [2.75, 3.05) is 13.7 Å². The summed E-state index contributed by atoms with van der Waals surface area (Å²) in [5.74, 6) is 0.988. The molecule has 0 amide bonds. The lowest BCUT2D eigenvalue weighted by atomic mass is 10.0. The molecule has 2 heteroatoms. The van der Waals surface area contributed by atoms with E-state index in [0.29, 0.717) is 6.04 Å². The minimum Gasteiger partial charge on any atom is -0.496 e. The maximum atomic E-state index is 5.42. The maximum Gasteiger partial charge on any atom is 0.123 e. The normalized spacial score (nSPS) is 12.4. The summed E-state index contributed by atoms with van der Waals surface area (Å²) >= 11 is 0. The number of unbranched alkanes of at least 4 members (excludes halogenated alkanes) is 2. The van der Waals surface area contributed by atoms with E-state index in [1.165, 1.54) is 24.8 Å². The first kappa shape index (κ1) is 14.0. The van der Waals surface area contributed by atoms with Crippen molar-refractivity contribution in [3.05, 3.63) is 29.8 Å². The number of methoxy groups -OCH3 is 1. The standard InChI is InChI=1S/C15H25NO/c1-4-6-9-12-16-14(5-2)13-10-7-8-11-15(13)17-3/h7-8,10-11,14,16H,4-6,9,12H2,1-3H3. The predicted molar refractivity (Wildman–Crippen MR) is 73.6 cm³/mol. The van der Waals surface area contributed by atoms with Crippen molar-refractivity contribution in [2.45, 2.75) is 45.6 Å². The molecule has 0 aliphatic heterocycles. The highest BCUT2D eigenvalue weighted by molar-refractivity contribution is 5.35. The van der Waals surface area contributed by atoms with E-state index in [0.717, 1.165) is 18.7 Å². The molecule has 0 aliphatic rings. The van der Waals surface area contributed by atoms with E-state index in [9.17, 15) is 0 Å². The van der Waals surface area contributed by atoms with Crippen LogP contribution in [0.25, 0.3) is 0 Å². The van der Waals surface area contributed by atoms with Crippen LogP contribution in [0.1, 0.15) is 51.1 Å². The molecule has 1 rings (SSSR count). The zero-order chi connectivity index (χ0) is 12.5. The molecule has 0 aliphatic carbocycles. The topological polar surface area (TPSA) is 21.3 Å². The molecule has 17 heavy (non-hydrogen) atoms. The summed E-state index contributed by atoms with van der Waals surface area (Å²) in [4.78, 5) is 0. The number of rotatable bonds is 8. The van der Waals surface area contributed by atoms with E-state index < -0.39 is 0 Å². The fourth-order valence-electron chi connectivity index (χ4n) is 2.08. The quantitative estimate of drug-likeness (QED) is 0.689. The van der Waals surface area contributed by atoms with Crippen LogP contribution in [-0.2, 0) is 0 Å². The van der Waals surface area contributed by atoms with Gasteiger partial charge in [-0.25, -0.2) is 0 Å². The van der Waals surface area contributed by atoms with Gasteiger partial charge in [0.05, 0.1) is 7.11 Å². The Morgan fingerprint density at radius 1 is 1.18 bits per heavy atom. The average molecular weight is 235 g/mol. The second-order valence-electron chi connectivity index (χ2n) is 4.36. The van der Waals surface area contributed by atoms with Crippen molar-refractivity contribution in [2.24, 2.45) is 0 Å². The van der Waals surface area contributed by atoms with Gasteiger partial charge in [-0.2, -0.15) is 0 Å². The lowest BCUT2D eigenvalue weighted by molar-refractivity contribution is 0.396. The molecule has 1 aromatic rings. The monoisotopic (exact) mass is 235 g/mol. The Hall–Kier alpha value is -1.02. The van der Waals surface area contributed by atoms with Crippen LogP contribution >= 0.6 is 0 Å². The van der Waals surface area contributed by atoms with E-state index >= 15 is 0 Å². The zero-order valence-electron chi connectivity index (χ0n) is 11.3. The van der Waals surface area contributed by atoms with Gasteiger partial charge in [-0.05, 0) is 25.5 Å². The van der Waals surface area contributed by atoms with E-state index in [1.807, 2.05) is 12.1 Å². The molecule has 2 nitrogen and oxygen atoms in total. The molecule has 1 atom stereocenters. The SMILES string of the molecule is CCCCCNC(CC)c1ccccc1OC. The number of ether oxygens (including phenoxy) is 1. The molecule has 0 aromatic heterocycles. The Kier molecular flexibility index (Phi) is 6.71. The lowest BCUT2D eigenvalue weighted by Crippen LogP contribution is -2.22. The summed E-state index contributed by atoms with van der Waals surface area (Å²) in [6.45, 7) is 5.53. The van der Waals surface area contributed by atoms with Gasteiger partial charge in [-0.1, -0.05) is 44.9 Å². The highest BCUT2D eigenvalue weighted by Gasteiger charge is 2.12. The van der Waals surface area contributed by atoms with Crippen LogP contribution in [-0.4, -0.2) is 13.7 Å². The highest BCUT2D eigenvalue weighted by Crippen LogP contribution is 2.26. The van der Waals surface area contributed by atoms with Crippen molar-refractivity contribution in [3.63, 3.8) is 0 Å². The van der Waals surface area contributed by atoms with E-state index in [4.69, 9.17) is 4.74 Å². The van der Waals surface area contributed by atoms with Crippen molar-refractivity contribution >= 4 is 0 Å². The molecular formula is C15H25NO. The molecule has 1 N–H and O–H groups in total.